The first-order chi connectivity index (χ1) is 10.1. The zero-order valence-corrected chi connectivity index (χ0v) is 14.0. The molecule has 0 amide bonds. The number of nitrogens with one attached hydrogen (secondary N) is 2. The Kier molecular flexibility index (Phi) is 6.30. The van der Waals surface area contributed by atoms with Crippen LogP contribution in [-0.4, -0.2) is 62.8 Å². The average molecular weight is 296 g/mol. The van der Waals surface area contributed by atoms with Crippen LogP contribution < -0.4 is 10.6 Å². The summed E-state index contributed by atoms with van der Waals surface area (Å²) in [6.07, 6.45) is 5.50. The summed E-state index contributed by atoms with van der Waals surface area (Å²) in [5, 5.41) is 6.89. The van der Waals surface area contributed by atoms with Crippen molar-refractivity contribution in [1.29, 1.82) is 0 Å². The van der Waals surface area contributed by atoms with Crippen molar-refractivity contribution in [3.05, 3.63) is 0 Å². The van der Waals surface area contributed by atoms with Gasteiger partial charge in [-0.1, -0.05) is 12.8 Å². The van der Waals surface area contributed by atoms with Crippen LogP contribution >= 0.6 is 0 Å². The maximum atomic E-state index is 5.43. The Morgan fingerprint density at radius 2 is 1.95 bits per heavy atom. The van der Waals surface area contributed by atoms with Crippen molar-refractivity contribution in [3.63, 3.8) is 0 Å². The molecular formula is C16H32N4O. The molecule has 1 saturated heterocycles. The van der Waals surface area contributed by atoms with Crippen molar-refractivity contribution in [2.45, 2.75) is 45.1 Å². The first kappa shape index (κ1) is 16.6. The van der Waals surface area contributed by atoms with E-state index in [2.05, 4.69) is 34.4 Å². The Labute approximate surface area is 129 Å². The first-order valence-corrected chi connectivity index (χ1v) is 8.39. The van der Waals surface area contributed by atoms with Gasteiger partial charge in [-0.2, -0.15) is 0 Å². The molecule has 0 atom stereocenters. The second kappa shape index (κ2) is 7.99. The van der Waals surface area contributed by atoms with Crippen LogP contribution in [0.15, 0.2) is 4.99 Å². The molecule has 0 spiro atoms. The van der Waals surface area contributed by atoms with Crippen LogP contribution in [0.3, 0.4) is 0 Å². The van der Waals surface area contributed by atoms with Crippen molar-refractivity contribution in [2.75, 3.05) is 46.4 Å². The predicted molar refractivity (Wildman–Crippen MR) is 87.8 cm³/mol. The molecule has 1 aliphatic heterocycles. The smallest absolute Gasteiger partial charge is 0.191 e. The molecule has 1 aliphatic carbocycles. The third kappa shape index (κ3) is 5.83. The van der Waals surface area contributed by atoms with Crippen LogP contribution in [0.5, 0.6) is 0 Å². The zero-order chi connectivity index (χ0) is 15.1. The van der Waals surface area contributed by atoms with E-state index in [-0.39, 0.29) is 5.54 Å². The Balaban J connectivity index is 1.65. The zero-order valence-electron chi connectivity index (χ0n) is 14.0. The van der Waals surface area contributed by atoms with Crippen LogP contribution in [0.2, 0.25) is 0 Å². The van der Waals surface area contributed by atoms with Gasteiger partial charge in [0.05, 0.1) is 13.2 Å². The number of ether oxygens (including phenoxy) is 1. The van der Waals surface area contributed by atoms with Crippen molar-refractivity contribution in [1.82, 2.24) is 15.5 Å². The highest BCUT2D eigenvalue weighted by atomic mass is 16.5. The molecular weight excluding hydrogens is 264 g/mol. The van der Waals surface area contributed by atoms with Crippen LogP contribution in [0.4, 0.5) is 0 Å². The fourth-order valence-electron chi connectivity index (χ4n) is 2.81. The quantitative estimate of drug-likeness (QED) is 0.424. The summed E-state index contributed by atoms with van der Waals surface area (Å²) in [4.78, 5) is 6.81. The van der Waals surface area contributed by atoms with E-state index in [1.807, 2.05) is 7.05 Å². The molecule has 5 nitrogen and oxygen atoms in total. The lowest BCUT2D eigenvalue weighted by atomic mass is 10.0. The van der Waals surface area contributed by atoms with Crippen LogP contribution in [0, 0.1) is 5.92 Å². The maximum absolute atomic E-state index is 5.43. The van der Waals surface area contributed by atoms with Crippen molar-refractivity contribution >= 4 is 5.96 Å². The summed E-state index contributed by atoms with van der Waals surface area (Å²) in [6.45, 7) is 10.2. The third-order valence-corrected chi connectivity index (χ3v) is 4.56. The molecule has 122 valence electrons. The summed E-state index contributed by atoms with van der Waals surface area (Å²) in [5.41, 5.74) is 0.120. The maximum Gasteiger partial charge on any atom is 0.191 e. The third-order valence-electron chi connectivity index (χ3n) is 4.56. The monoisotopic (exact) mass is 296 g/mol. The SMILES string of the molecule is CN=C(NCCCC1CC1)NCC(C)(C)N1CCOCC1. The molecule has 2 rings (SSSR count). The highest BCUT2D eigenvalue weighted by Gasteiger charge is 2.28. The van der Waals surface area contributed by atoms with Gasteiger partial charge >= 0.3 is 0 Å². The molecule has 0 bridgehead atoms. The average Bonchev–Trinajstić information content (AvgIpc) is 3.31. The molecule has 1 saturated carbocycles. The Morgan fingerprint density at radius 3 is 2.57 bits per heavy atom. The molecule has 0 aromatic rings. The molecule has 2 N–H and O–H groups in total. The van der Waals surface area contributed by atoms with Gasteiger partial charge in [0, 0.05) is 38.8 Å². The minimum absolute atomic E-state index is 0.120. The Bertz CT molecular complexity index is 333. The first-order valence-electron chi connectivity index (χ1n) is 8.39. The fraction of sp³-hybridized carbons (Fsp3) is 0.938. The van der Waals surface area contributed by atoms with Crippen molar-refractivity contribution in [3.8, 4) is 0 Å². The summed E-state index contributed by atoms with van der Waals surface area (Å²) in [6, 6.07) is 0. The lowest BCUT2D eigenvalue weighted by Gasteiger charge is -2.41. The largest absolute Gasteiger partial charge is 0.379 e. The van der Waals surface area contributed by atoms with Crippen molar-refractivity contribution in [2.24, 2.45) is 10.9 Å². The number of morpholine rings is 1. The lowest BCUT2D eigenvalue weighted by Crippen LogP contribution is -2.56. The van der Waals surface area contributed by atoms with E-state index in [0.717, 1.165) is 51.3 Å². The molecule has 21 heavy (non-hydrogen) atoms. The van der Waals surface area contributed by atoms with Crippen LogP contribution in [0.25, 0.3) is 0 Å². The summed E-state index contributed by atoms with van der Waals surface area (Å²) in [5.74, 6) is 1.94. The number of rotatable bonds is 7. The molecule has 0 aromatic heterocycles. The summed E-state index contributed by atoms with van der Waals surface area (Å²) >= 11 is 0. The highest BCUT2D eigenvalue weighted by molar-refractivity contribution is 5.79. The van der Waals surface area contributed by atoms with E-state index >= 15 is 0 Å². The van der Waals surface area contributed by atoms with Gasteiger partial charge in [0.2, 0.25) is 0 Å². The van der Waals surface area contributed by atoms with Gasteiger partial charge in [0.25, 0.3) is 0 Å². The normalized spacial score (nSPS) is 21.4. The highest BCUT2D eigenvalue weighted by Crippen LogP contribution is 2.33. The van der Waals surface area contributed by atoms with E-state index < -0.39 is 0 Å². The van der Waals surface area contributed by atoms with Crippen LogP contribution in [0.1, 0.15) is 39.5 Å². The van der Waals surface area contributed by atoms with E-state index in [1.165, 1.54) is 25.7 Å². The van der Waals surface area contributed by atoms with Gasteiger partial charge < -0.3 is 15.4 Å². The van der Waals surface area contributed by atoms with Gasteiger partial charge in [-0.05, 0) is 32.6 Å². The van der Waals surface area contributed by atoms with Gasteiger partial charge in [-0.15, -0.1) is 0 Å². The molecule has 0 unspecified atom stereocenters. The molecule has 2 aliphatic rings. The second-order valence-electron chi connectivity index (χ2n) is 6.85. The lowest BCUT2D eigenvalue weighted by molar-refractivity contribution is -0.00833. The molecule has 2 fully saturated rings. The second-order valence-corrected chi connectivity index (χ2v) is 6.85. The molecule has 5 heteroatoms. The number of hydrogen-bond acceptors (Lipinski definition) is 3. The van der Waals surface area contributed by atoms with E-state index in [4.69, 9.17) is 4.74 Å². The molecule has 1 heterocycles. The number of guanidine groups is 1. The van der Waals surface area contributed by atoms with Crippen molar-refractivity contribution < 1.29 is 4.74 Å². The standard InChI is InChI=1S/C16H32N4O/c1-16(2,20-9-11-21-12-10-20)13-19-15(17-3)18-8-4-5-14-6-7-14/h14H,4-13H2,1-3H3,(H2,17,18,19). The number of nitrogens with zero attached hydrogens (tertiary/aromatic N) is 2. The van der Waals surface area contributed by atoms with Gasteiger partial charge in [-0.3, -0.25) is 9.89 Å². The number of hydrogen-bond donors (Lipinski definition) is 2. The van der Waals surface area contributed by atoms with Gasteiger partial charge in [0.1, 0.15) is 0 Å². The Morgan fingerprint density at radius 1 is 1.24 bits per heavy atom. The van der Waals surface area contributed by atoms with Gasteiger partial charge in [0.15, 0.2) is 5.96 Å². The minimum atomic E-state index is 0.120. The van der Waals surface area contributed by atoms with Gasteiger partial charge in [-0.25, -0.2) is 0 Å². The number of aliphatic imine (C=N–C) groups is 1. The van der Waals surface area contributed by atoms with Crippen LogP contribution in [-0.2, 0) is 4.74 Å². The fourth-order valence-corrected chi connectivity index (χ4v) is 2.81. The topological polar surface area (TPSA) is 48.9 Å². The molecule has 0 aromatic carbocycles. The predicted octanol–water partition coefficient (Wildman–Crippen LogP) is 1.45. The minimum Gasteiger partial charge on any atom is -0.379 e. The van der Waals surface area contributed by atoms with E-state index in [1.54, 1.807) is 0 Å². The van der Waals surface area contributed by atoms with E-state index in [0.29, 0.717) is 0 Å². The molecule has 0 radical (unpaired) electrons. The summed E-state index contributed by atoms with van der Waals surface area (Å²) in [7, 11) is 1.85. The van der Waals surface area contributed by atoms with E-state index in [9.17, 15) is 0 Å². The summed E-state index contributed by atoms with van der Waals surface area (Å²) < 4.78 is 5.43. The Hall–Kier alpha value is -0.810.